The Labute approximate surface area is 158 Å². The number of piperidine rings is 1. The summed E-state index contributed by atoms with van der Waals surface area (Å²) in [6.45, 7) is 5.91. The molecule has 26 heavy (non-hydrogen) atoms. The fourth-order valence-corrected chi connectivity index (χ4v) is 4.71. The van der Waals surface area contributed by atoms with Gasteiger partial charge in [-0.25, -0.2) is 0 Å². The highest BCUT2D eigenvalue weighted by Crippen LogP contribution is 2.49. The topological polar surface area (TPSA) is 29.5 Å². The zero-order chi connectivity index (χ0) is 18.2. The van der Waals surface area contributed by atoms with Crippen molar-refractivity contribution in [3.63, 3.8) is 0 Å². The molecule has 2 unspecified atom stereocenters. The fraction of sp³-hybridized carbons (Fsp3) is 0.609. The highest BCUT2D eigenvalue weighted by molar-refractivity contribution is 5.79. The molecule has 2 atom stereocenters. The molecule has 0 spiro atoms. The third-order valence-electron chi connectivity index (χ3n) is 6.12. The lowest BCUT2D eigenvalue weighted by Crippen LogP contribution is -2.41. The van der Waals surface area contributed by atoms with Gasteiger partial charge in [-0.2, -0.15) is 0 Å². The first-order valence-corrected chi connectivity index (χ1v) is 10.4. The Morgan fingerprint density at radius 3 is 2.65 bits per heavy atom. The number of rotatable bonds is 7. The summed E-state index contributed by atoms with van der Waals surface area (Å²) < 4.78 is 5.59. The van der Waals surface area contributed by atoms with E-state index in [2.05, 4.69) is 41.3 Å². The number of carbonyl (C=O) groups excluding carboxylic acids is 1. The van der Waals surface area contributed by atoms with Crippen LogP contribution >= 0.6 is 0 Å². The van der Waals surface area contributed by atoms with Gasteiger partial charge < -0.3 is 9.64 Å². The van der Waals surface area contributed by atoms with Gasteiger partial charge in [-0.1, -0.05) is 48.9 Å². The molecule has 142 valence electrons. The number of allylic oxidation sites excluding steroid dienone is 2. The van der Waals surface area contributed by atoms with Crippen LogP contribution in [0.25, 0.3) is 0 Å². The number of ether oxygens (including phenoxy) is 1. The van der Waals surface area contributed by atoms with Gasteiger partial charge in [0.1, 0.15) is 0 Å². The number of benzene rings is 1. The molecule has 3 rings (SSSR count). The quantitative estimate of drug-likeness (QED) is 0.513. The van der Waals surface area contributed by atoms with Crippen molar-refractivity contribution in [1.29, 1.82) is 0 Å². The lowest BCUT2D eigenvalue weighted by atomic mass is 9.63. The highest BCUT2D eigenvalue weighted by Gasteiger charge is 2.47. The third-order valence-corrected chi connectivity index (χ3v) is 6.12. The molecule has 2 aliphatic rings. The van der Waals surface area contributed by atoms with E-state index < -0.39 is 5.41 Å². The number of esters is 1. The van der Waals surface area contributed by atoms with Crippen LogP contribution in [-0.2, 0) is 9.53 Å². The molecule has 1 heterocycles. The zero-order valence-electron chi connectivity index (χ0n) is 16.2. The molecule has 1 aromatic carbocycles. The van der Waals surface area contributed by atoms with Crippen molar-refractivity contribution in [2.45, 2.75) is 57.8 Å². The smallest absolute Gasteiger partial charge is 0.313 e. The summed E-state index contributed by atoms with van der Waals surface area (Å²) in [5, 5.41) is 0. The summed E-state index contributed by atoms with van der Waals surface area (Å²) in [4.78, 5) is 15.7. The lowest BCUT2D eigenvalue weighted by Gasteiger charge is -2.41. The molecule has 0 radical (unpaired) electrons. The van der Waals surface area contributed by atoms with E-state index in [1.807, 2.05) is 13.0 Å². The van der Waals surface area contributed by atoms with Gasteiger partial charge in [-0.3, -0.25) is 4.79 Å². The number of hydrogen-bond donors (Lipinski definition) is 0. The number of hydrogen-bond acceptors (Lipinski definition) is 3. The van der Waals surface area contributed by atoms with Crippen LogP contribution in [0.2, 0.25) is 0 Å². The zero-order valence-corrected chi connectivity index (χ0v) is 16.2. The summed E-state index contributed by atoms with van der Waals surface area (Å²) in [7, 11) is 0. The monoisotopic (exact) mass is 355 g/mol. The van der Waals surface area contributed by atoms with E-state index in [0.717, 1.165) is 32.2 Å². The first-order valence-electron chi connectivity index (χ1n) is 10.4. The van der Waals surface area contributed by atoms with Crippen LogP contribution < -0.4 is 0 Å². The average Bonchev–Trinajstić information content (AvgIpc) is 2.70. The molecule has 0 amide bonds. The maximum absolute atomic E-state index is 13.1. The Hall–Kier alpha value is -1.61. The summed E-state index contributed by atoms with van der Waals surface area (Å²) in [6.07, 6.45) is 12.1. The maximum atomic E-state index is 13.1. The van der Waals surface area contributed by atoms with Crippen molar-refractivity contribution in [2.75, 3.05) is 26.2 Å². The largest absolute Gasteiger partial charge is 0.466 e. The van der Waals surface area contributed by atoms with Gasteiger partial charge in [0, 0.05) is 5.92 Å². The van der Waals surface area contributed by atoms with E-state index in [9.17, 15) is 4.79 Å². The Balaban J connectivity index is 1.77. The molecule has 0 saturated carbocycles. The molecule has 3 heteroatoms. The van der Waals surface area contributed by atoms with E-state index in [1.165, 1.54) is 37.9 Å². The second-order valence-electron chi connectivity index (χ2n) is 7.76. The second-order valence-corrected chi connectivity index (χ2v) is 7.76. The van der Waals surface area contributed by atoms with Crippen LogP contribution in [0.15, 0.2) is 42.5 Å². The van der Waals surface area contributed by atoms with E-state index in [0.29, 0.717) is 6.61 Å². The summed E-state index contributed by atoms with van der Waals surface area (Å²) in [5.41, 5.74) is 0.852. The Kier molecular flexibility index (Phi) is 6.90. The maximum Gasteiger partial charge on any atom is 0.313 e. The van der Waals surface area contributed by atoms with Gasteiger partial charge in [-0.15, -0.1) is 0 Å². The SMILES string of the molecule is CCOC(=O)C1(CCCN2CCCCC2)CC=CCC1c1ccccc1. The summed E-state index contributed by atoms with van der Waals surface area (Å²) in [6, 6.07) is 10.5. The first kappa shape index (κ1) is 19.2. The average molecular weight is 356 g/mol. The number of likely N-dealkylation sites (tertiary alicyclic amines) is 1. The van der Waals surface area contributed by atoms with Gasteiger partial charge in [-0.05, 0) is 70.6 Å². The van der Waals surface area contributed by atoms with E-state index >= 15 is 0 Å². The highest BCUT2D eigenvalue weighted by atomic mass is 16.5. The lowest BCUT2D eigenvalue weighted by molar-refractivity contribution is -0.158. The molecule has 1 saturated heterocycles. The summed E-state index contributed by atoms with van der Waals surface area (Å²) in [5.74, 6) is 0.214. The molecule has 1 fully saturated rings. The van der Waals surface area contributed by atoms with Gasteiger partial charge >= 0.3 is 5.97 Å². The standard InChI is InChI=1S/C23H33NO2/c1-2-26-22(25)23(16-11-19-24-17-9-4-10-18-24)15-8-7-14-21(23)20-12-5-3-6-13-20/h3,5-8,12-13,21H,2,4,9-11,14-19H2,1H3. The molecular weight excluding hydrogens is 322 g/mol. The van der Waals surface area contributed by atoms with E-state index in [-0.39, 0.29) is 11.9 Å². The van der Waals surface area contributed by atoms with Crippen LogP contribution in [0.1, 0.15) is 63.4 Å². The first-order chi connectivity index (χ1) is 12.8. The minimum atomic E-state index is -0.415. The minimum absolute atomic E-state index is 0.00292. The molecule has 3 nitrogen and oxygen atoms in total. The molecule has 1 aromatic rings. The minimum Gasteiger partial charge on any atom is -0.466 e. The molecule has 0 aromatic heterocycles. The molecular formula is C23H33NO2. The van der Waals surface area contributed by atoms with Crippen molar-refractivity contribution in [1.82, 2.24) is 4.90 Å². The predicted molar refractivity (Wildman–Crippen MR) is 106 cm³/mol. The van der Waals surface area contributed by atoms with Crippen molar-refractivity contribution < 1.29 is 9.53 Å². The van der Waals surface area contributed by atoms with E-state index in [4.69, 9.17) is 4.74 Å². The van der Waals surface area contributed by atoms with Crippen molar-refractivity contribution in [3.05, 3.63) is 48.0 Å². The van der Waals surface area contributed by atoms with Gasteiger partial charge in [0.25, 0.3) is 0 Å². The number of carbonyl (C=O) groups is 1. The number of nitrogens with zero attached hydrogens (tertiary/aromatic N) is 1. The third kappa shape index (κ3) is 4.37. The Morgan fingerprint density at radius 2 is 1.92 bits per heavy atom. The van der Waals surface area contributed by atoms with Crippen LogP contribution in [0.5, 0.6) is 0 Å². The predicted octanol–water partition coefficient (Wildman–Crippen LogP) is 4.94. The van der Waals surface area contributed by atoms with Crippen LogP contribution in [0.3, 0.4) is 0 Å². The van der Waals surface area contributed by atoms with Gasteiger partial charge in [0.15, 0.2) is 0 Å². The van der Waals surface area contributed by atoms with Crippen LogP contribution in [-0.4, -0.2) is 37.1 Å². The van der Waals surface area contributed by atoms with Gasteiger partial charge in [0.2, 0.25) is 0 Å². The molecule has 1 aliphatic carbocycles. The molecule has 0 N–H and O–H groups in total. The van der Waals surface area contributed by atoms with Crippen LogP contribution in [0.4, 0.5) is 0 Å². The molecule has 1 aliphatic heterocycles. The Bertz CT molecular complexity index is 591. The normalized spacial score (nSPS) is 26.6. The van der Waals surface area contributed by atoms with Crippen LogP contribution in [0, 0.1) is 5.41 Å². The van der Waals surface area contributed by atoms with Crippen molar-refractivity contribution in [2.24, 2.45) is 5.41 Å². The van der Waals surface area contributed by atoms with E-state index in [1.54, 1.807) is 0 Å². The molecule has 0 bridgehead atoms. The van der Waals surface area contributed by atoms with Gasteiger partial charge in [0.05, 0.1) is 12.0 Å². The Morgan fingerprint density at radius 1 is 1.15 bits per heavy atom. The van der Waals surface area contributed by atoms with Crippen molar-refractivity contribution >= 4 is 5.97 Å². The summed E-state index contributed by atoms with van der Waals surface area (Å²) >= 11 is 0. The second kappa shape index (κ2) is 9.36. The van der Waals surface area contributed by atoms with Crippen molar-refractivity contribution in [3.8, 4) is 0 Å². The fourth-order valence-electron chi connectivity index (χ4n) is 4.71.